The van der Waals surface area contributed by atoms with Crippen molar-refractivity contribution in [3.05, 3.63) is 0 Å². The molecule has 3 nitrogen and oxygen atoms in total. The molecule has 3 unspecified atom stereocenters. The van der Waals surface area contributed by atoms with Crippen LogP contribution in [0.4, 0.5) is 0 Å². The Morgan fingerprint density at radius 1 is 1.21 bits per heavy atom. The standard InChI is InChI=1S/C15H26N2OS/c1-17(9-8-14(16)19)15(18)13-7-6-11-4-2-3-5-12(11)10-13/h11-13H,2-10H2,1H3,(H2,16,19). The highest BCUT2D eigenvalue weighted by atomic mass is 32.1. The first-order chi connectivity index (χ1) is 9.08. The number of nitrogens with zero attached hydrogens (tertiary/aromatic N) is 1. The molecule has 0 aromatic rings. The highest BCUT2D eigenvalue weighted by molar-refractivity contribution is 7.80. The maximum atomic E-state index is 12.4. The van der Waals surface area contributed by atoms with Crippen molar-refractivity contribution in [2.75, 3.05) is 13.6 Å². The topological polar surface area (TPSA) is 46.3 Å². The number of hydrogen-bond acceptors (Lipinski definition) is 2. The van der Waals surface area contributed by atoms with Gasteiger partial charge in [-0.25, -0.2) is 0 Å². The number of rotatable bonds is 4. The molecule has 2 fully saturated rings. The van der Waals surface area contributed by atoms with Gasteiger partial charge in [0.25, 0.3) is 0 Å². The summed E-state index contributed by atoms with van der Waals surface area (Å²) < 4.78 is 0. The van der Waals surface area contributed by atoms with Crippen molar-refractivity contribution in [3.8, 4) is 0 Å². The molecule has 0 bridgehead atoms. The van der Waals surface area contributed by atoms with Crippen LogP contribution in [0.3, 0.4) is 0 Å². The lowest BCUT2D eigenvalue weighted by molar-refractivity contribution is -0.136. The van der Waals surface area contributed by atoms with Crippen LogP contribution in [0.15, 0.2) is 0 Å². The zero-order valence-electron chi connectivity index (χ0n) is 11.9. The Labute approximate surface area is 121 Å². The van der Waals surface area contributed by atoms with Crippen LogP contribution in [0.2, 0.25) is 0 Å². The van der Waals surface area contributed by atoms with E-state index in [1.165, 1.54) is 32.1 Å². The van der Waals surface area contributed by atoms with E-state index in [4.69, 9.17) is 18.0 Å². The number of nitrogens with two attached hydrogens (primary N) is 1. The van der Waals surface area contributed by atoms with Gasteiger partial charge in [-0.2, -0.15) is 0 Å². The van der Waals surface area contributed by atoms with Crippen LogP contribution < -0.4 is 5.73 Å². The maximum Gasteiger partial charge on any atom is 0.225 e. The Balaban J connectivity index is 1.84. The van der Waals surface area contributed by atoms with E-state index in [9.17, 15) is 4.79 Å². The summed E-state index contributed by atoms with van der Waals surface area (Å²) in [6, 6.07) is 0. The Hall–Kier alpha value is -0.640. The van der Waals surface area contributed by atoms with Crippen LogP contribution in [0.1, 0.15) is 51.4 Å². The first kappa shape index (κ1) is 14.8. The molecule has 0 aromatic carbocycles. The molecule has 4 heteroatoms. The average Bonchev–Trinajstić information content (AvgIpc) is 2.43. The Bertz CT molecular complexity index is 345. The van der Waals surface area contributed by atoms with Crippen molar-refractivity contribution in [2.45, 2.75) is 51.4 Å². The smallest absolute Gasteiger partial charge is 0.225 e. The Morgan fingerprint density at radius 3 is 2.58 bits per heavy atom. The summed E-state index contributed by atoms with van der Waals surface area (Å²) in [4.78, 5) is 14.7. The second-order valence-electron chi connectivity index (χ2n) is 6.29. The minimum Gasteiger partial charge on any atom is -0.393 e. The fraction of sp³-hybridized carbons (Fsp3) is 0.867. The molecule has 2 rings (SSSR count). The van der Waals surface area contributed by atoms with Crippen molar-refractivity contribution < 1.29 is 4.79 Å². The second kappa shape index (κ2) is 6.69. The predicted octanol–water partition coefficient (Wildman–Crippen LogP) is 2.73. The first-order valence-electron chi connectivity index (χ1n) is 7.61. The van der Waals surface area contributed by atoms with Crippen LogP contribution in [0.25, 0.3) is 0 Å². The van der Waals surface area contributed by atoms with Crippen molar-refractivity contribution >= 4 is 23.1 Å². The Morgan fingerprint density at radius 2 is 1.89 bits per heavy atom. The summed E-state index contributed by atoms with van der Waals surface area (Å²) in [6.45, 7) is 0.665. The minimum absolute atomic E-state index is 0.246. The molecule has 0 saturated heterocycles. The van der Waals surface area contributed by atoms with Gasteiger partial charge < -0.3 is 10.6 Å². The molecule has 0 radical (unpaired) electrons. The van der Waals surface area contributed by atoms with Crippen molar-refractivity contribution in [3.63, 3.8) is 0 Å². The molecule has 3 atom stereocenters. The largest absolute Gasteiger partial charge is 0.393 e. The van der Waals surface area contributed by atoms with Crippen LogP contribution in [-0.4, -0.2) is 29.4 Å². The molecule has 108 valence electrons. The number of fused-ring (bicyclic) bond motifs is 1. The van der Waals surface area contributed by atoms with E-state index in [0.29, 0.717) is 23.9 Å². The van der Waals surface area contributed by atoms with Crippen molar-refractivity contribution in [1.29, 1.82) is 0 Å². The van der Waals surface area contributed by atoms with Crippen LogP contribution >= 0.6 is 12.2 Å². The zero-order chi connectivity index (χ0) is 13.8. The number of amides is 1. The van der Waals surface area contributed by atoms with E-state index >= 15 is 0 Å². The molecule has 0 heterocycles. The van der Waals surface area contributed by atoms with Crippen molar-refractivity contribution in [2.24, 2.45) is 23.5 Å². The molecular formula is C15H26N2OS. The van der Waals surface area contributed by atoms with Gasteiger partial charge >= 0.3 is 0 Å². The third kappa shape index (κ3) is 3.91. The molecule has 0 aliphatic heterocycles. The number of hydrogen-bond donors (Lipinski definition) is 1. The summed E-state index contributed by atoms with van der Waals surface area (Å²) in [5, 5.41) is 0. The Kier molecular flexibility index (Phi) is 5.20. The quantitative estimate of drug-likeness (QED) is 0.807. The van der Waals surface area contributed by atoms with Gasteiger partial charge in [0.2, 0.25) is 5.91 Å². The lowest BCUT2D eigenvalue weighted by atomic mass is 9.67. The fourth-order valence-corrected chi connectivity index (χ4v) is 3.89. The number of carbonyl (C=O) groups is 1. The average molecular weight is 282 g/mol. The molecule has 19 heavy (non-hydrogen) atoms. The molecule has 2 aliphatic carbocycles. The maximum absolute atomic E-state index is 12.4. The second-order valence-corrected chi connectivity index (χ2v) is 6.82. The lowest BCUT2D eigenvalue weighted by Gasteiger charge is -2.39. The zero-order valence-corrected chi connectivity index (χ0v) is 12.8. The minimum atomic E-state index is 0.246. The number of thiocarbonyl (C=S) groups is 1. The van der Waals surface area contributed by atoms with Gasteiger partial charge in [-0.05, 0) is 31.1 Å². The molecule has 2 aliphatic rings. The van der Waals surface area contributed by atoms with Crippen LogP contribution in [-0.2, 0) is 4.79 Å². The predicted molar refractivity (Wildman–Crippen MR) is 81.8 cm³/mol. The molecule has 0 aromatic heterocycles. The van der Waals surface area contributed by atoms with Gasteiger partial charge in [-0.15, -0.1) is 0 Å². The summed E-state index contributed by atoms with van der Waals surface area (Å²) in [7, 11) is 1.88. The number of carbonyl (C=O) groups excluding carboxylic acids is 1. The highest BCUT2D eigenvalue weighted by Gasteiger charge is 2.35. The summed E-state index contributed by atoms with van der Waals surface area (Å²) >= 11 is 4.87. The molecule has 2 saturated carbocycles. The molecular weight excluding hydrogens is 256 g/mol. The van der Waals surface area contributed by atoms with E-state index in [1.54, 1.807) is 0 Å². The van der Waals surface area contributed by atoms with E-state index in [2.05, 4.69) is 0 Å². The first-order valence-corrected chi connectivity index (χ1v) is 8.02. The highest BCUT2D eigenvalue weighted by Crippen LogP contribution is 2.43. The summed E-state index contributed by atoms with van der Waals surface area (Å²) in [6.07, 6.45) is 9.57. The van der Waals surface area contributed by atoms with Gasteiger partial charge in [0.1, 0.15) is 0 Å². The van der Waals surface area contributed by atoms with Gasteiger partial charge in [0.15, 0.2) is 0 Å². The van der Waals surface area contributed by atoms with E-state index in [-0.39, 0.29) is 5.92 Å². The molecule has 2 N–H and O–H groups in total. The monoisotopic (exact) mass is 282 g/mol. The van der Waals surface area contributed by atoms with Gasteiger partial charge in [-0.1, -0.05) is 37.9 Å². The molecule has 0 spiro atoms. The normalized spacial score (nSPS) is 30.5. The fourth-order valence-electron chi connectivity index (χ4n) is 3.80. The van der Waals surface area contributed by atoms with Crippen LogP contribution in [0, 0.1) is 17.8 Å². The third-order valence-electron chi connectivity index (χ3n) is 4.96. The van der Waals surface area contributed by atoms with Crippen molar-refractivity contribution in [1.82, 2.24) is 4.90 Å². The van der Waals surface area contributed by atoms with Gasteiger partial charge in [0, 0.05) is 25.9 Å². The van der Waals surface area contributed by atoms with E-state index < -0.39 is 0 Å². The summed E-state index contributed by atoms with van der Waals surface area (Å²) in [5.74, 6) is 2.26. The third-order valence-corrected chi connectivity index (χ3v) is 5.16. The lowest BCUT2D eigenvalue weighted by Crippen LogP contribution is -2.39. The van der Waals surface area contributed by atoms with E-state index in [1.807, 2.05) is 11.9 Å². The van der Waals surface area contributed by atoms with Gasteiger partial charge in [0.05, 0.1) is 4.99 Å². The van der Waals surface area contributed by atoms with Gasteiger partial charge in [-0.3, -0.25) is 4.79 Å². The SMILES string of the molecule is CN(CCC(N)=S)C(=O)C1CCC2CCCCC2C1. The summed E-state index contributed by atoms with van der Waals surface area (Å²) in [5.41, 5.74) is 5.50. The molecule has 1 amide bonds. The van der Waals surface area contributed by atoms with E-state index in [0.717, 1.165) is 24.7 Å². The van der Waals surface area contributed by atoms with Crippen LogP contribution in [0.5, 0.6) is 0 Å².